The quantitative estimate of drug-likeness (QED) is 0.553. The third-order valence-electron chi connectivity index (χ3n) is 1.81. The van der Waals surface area contributed by atoms with Gasteiger partial charge in [-0.25, -0.2) is 4.98 Å². The van der Waals surface area contributed by atoms with Crippen molar-refractivity contribution in [2.45, 2.75) is 25.1 Å². The smallest absolute Gasteiger partial charge is 0.110 e. The number of thiol groups is 1. The van der Waals surface area contributed by atoms with Gasteiger partial charge in [0.1, 0.15) is 5.82 Å². The van der Waals surface area contributed by atoms with Crippen molar-refractivity contribution in [3.63, 3.8) is 0 Å². The van der Waals surface area contributed by atoms with Gasteiger partial charge in [0.25, 0.3) is 0 Å². The lowest BCUT2D eigenvalue weighted by Crippen LogP contribution is -1.99. The Hall–Kier alpha value is -0.440. The molecule has 2 nitrogen and oxygen atoms in total. The molecule has 3 heteroatoms. The fourth-order valence-electron chi connectivity index (χ4n) is 1.42. The van der Waals surface area contributed by atoms with Crippen LogP contribution in [0.25, 0.3) is 0 Å². The molecule has 0 radical (unpaired) electrons. The van der Waals surface area contributed by atoms with Crippen molar-refractivity contribution in [2.24, 2.45) is 0 Å². The average Bonchev–Trinajstić information content (AvgIpc) is 2.21. The number of imidazole rings is 1. The maximum atomic E-state index is 4.38. The van der Waals surface area contributed by atoms with Crippen LogP contribution in [-0.4, -0.2) is 14.8 Å². The van der Waals surface area contributed by atoms with E-state index in [0.29, 0.717) is 5.25 Å². The molecule has 0 amide bonds. The standard InChI is InChI=1S/C7H10N2S/c1-5-3-9-4-6(10)2-7(9)8-5/h3,6,10H,2,4H2,1H3/t6-/m0/s1. The van der Waals surface area contributed by atoms with Gasteiger partial charge in [-0.1, -0.05) is 0 Å². The molecule has 10 heavy (non-hydrogen) atoms. The van der Waals surface area contributed by atoms with E-state index in [1.807, 2.05) is 6.92 Å². The second-order valence-corrected chi connectivity index (χ2v) is 3.54. The maximum Gasteiger partial charge on any atom is 0.110 e. The van der Waals surface area contributed by atoms with Crippen molar-refractivity contribution in [3.8, 4) is 0 Å². The molecule has 0 unspecified atom stereocenters. The molecule has 1 aromatic heterocycles. The van der Waals surface area contributed by atoms with Gasteiger partial charge in [0, 0.05) is 24.4 Å². The molecule has 1 aliphatic heterocycles. The summed E-state index contributed by atoms with van der Waals surface area (Å²) < 4.78 is 2.19. The van der Waals surface area contributed by atoms with Crippen molar-refractivity contribution in [3.05, 3.63) is 17.7 Å². The number of nitrogens with zero attached hydrogens (tertiary/aromatic N) is 2. The van der Waals surface area contributed by atoms with Gasteiger partial charge < -0.3 is 4.57 Å². The summed E-state index contributed by atoms with van der Waals surface area (Å²) in [6, 6.07) is 0. The largest absolute Gasteiger partial charge is 0.334 e. The molecule has 0 aromatic carbocycles. The monoisotopic (exact) mass is 154 g/mol. The molecule has 0 spiro atoms. The Morgan fingerprint density at radius 1 is 1.80 bits per heavy atom. The van der Waals surface area contributed by atoms with E-state index in [9.17, 15) is 0 Å². The minimum Gasteiger partial charge on any atom is -0.334 e. The van der Waals surface area contributed by atoms with E-state index in [-0.39, 0.29) is 0 Å². The average molecular weight is 154 g/mol. The minimum absolute atomic E-state index is 0.489. The second kappa shape index (κ2) is 2.02. The van der Waals surface area contributed by atoms with Crippen molar-refractivity contribution < 1.29 is 0 Å². The molecule has 1 atom stereocenters. The molecule has 0 fully saturated rings. The molecule has 1 aliphatic rings. The fraction of sp³-hybridized carbons (Fsp3) is 0.571. The highest BCUT2D eigenvalue weighted by molar-refractivity contribution is 7.80. The lowest BCUT2D eigenvalue weighted by molar-refractivity contribution is 0.763. The summed E-state index contributed by atoms with van der Waals surface area (Å²) in [6.45, 7) is 3.05. The fourth-order valence-corrected chi connectivity index (χ4v) is 1.76. The zero-order chi connectivity index (χ0) is 7.14. The van der Waals surface area contributed by atoms with Crippen LogP contribution in [0.3, 0.4) is 0 Å². The summed E-state index contributed by atoms with van der Waals surface area (Å²) in [5, 5.41) is 0.489. The van der Waals surface area contributed by atoms with Crippen LogP contribution in [0, 0.1) is 6.92 Å². The third kappa shape index (κ3) is 0.850. The van der Waals surface area contributed by atoms with E-state index >= 15 is 0 Å². The van der Waals surface area contributed by atoms with Gasteiger partial charge in [0.2, 0.25) is 0 Å². The van der Waals surface area contributed by atoms with Crippen LogP contribution >= 0.6 is 12.6 Å². The maximum absolute atomic E-state index is 4.38. The molecular weight excluding hydrogens is 144 g/mol. The Morgan fingerprint density at radius 2 is 2.60 bits per heavy atom. The summed E-state index contributed by atoms with van der Waals surface area (Å²) in [5.74, 6) is 1.19. The van der Waals surface area contributed by atoms with Crippen molar-refractivity contribution in [2.75, 3.05) is 0 Å². The predicted molar refractivity (Wildman–Crippen MR) is 43.4 cm³/mol. The number of hydrogen-bond acceptors (Lipinski definition) is 2. The Morgan fingerprint density at radius 3 is 3.30 bits per heavy atom. The van der Waals surface area contributed by atoms with Gasteiger partial charge in [0.15, 0.2) is 0 Å². The third-order valence-corrected chi connectivity index (χ3v) is 2.15. The normalized spacial score (nSPS) is 23.2. The highest BCUT2D eigenvalue weighted by atomic mass is 32.1. The van der Waals surface area contributed by atoms with Crippen LogP contribution in [0.2, 0.25) is 0 Å². The Labute approximate surface area is 65.7 Å². The van der Waals surface area contributed by atoms with Gasteiger partial charge in [-0.15, -0.1) is 0 Å². The van der Waals surface area contributed by atoms with Crippen LogP contribution in [0.5, 0.6) is 0 Å². The van der Waals surface area contributed by atoms with Crippen LogP contribution in [0.1, 0.15) is 11.5 Å². The van der Waals surface area contributed by atoms with Gasteiger partial charge in [0.05, 0.1) is 5.69 Å². The molecule has 0 N–H and O–H groups in total. The van der Waals surface area contributed by atoms with Gasteiger partial charge >= 0.3 is 0 Å². The van der Waals surface area contributed by atoms with E-state index in [0.717, 1.165) is 18.7 Å². The van der Waals surface area contributed by atoms with Gasteiger partial charge in [-0.05, 0) is 6.92 Å². The first-order valence-corrected chi connectivity index (χ1v) is 3.98. The summed E-state index contributed by atoms with van der Waals surface area (Å²) in [7, 11) is 0. The number of aromatic nitrogens is 2. The van der Waals surface area contributed by atoms with Crippen molar-refractivity contribution in [1.29, 1.82) is 0 Å². The molecule has 1 aromatic rings. The number of fused-ring (bicyclic) bond motifs is 1. The Bertz CT molecular complexity index is 231. The van der Waals surface area contributed by atoms with Crippen molar-refractivity contribution >= 4 is 12.6 Å². The summed E-state index contributed by atoms with van der Waals surface area (Å²) >= 11 is 4.38. The number of rotatable bonds is 0. The summed E-state index contributed by atoms with van der Waals surface area (Å²) in [6.07, 6.45) is 3.11. The lowest BCUT2D eigenvalue weighted by Gasteiger charge is -1.95. The van der Waals surface area contributed by atoms with Crippen LogP contribution in [0.15, 0.2) is 6.20 Å². The molecule has 54 valence electrons. The number of hydrogen-bond donors (Lipinski definition) is 1. The zero-order valence-corrected chi connectivity index (χ0v) is 6.80. The molecular formula is C7H10N2S. The van der Waals surface area contributed by atoms with Gasteiger partial charge in [-0.3, -0.25) is 0 Å². The molecule has 2 rings (SSSR count). The highest BCUT2D eigenvalue weighted by Gasteiger charge is 2.18. The molecule has 0 bridgehead atoms. The highest BCUT2D eigenvalue weighted by Crippen LogP contribution is 2.18. The Balaban J connectivity index is 2.39. The predicted octanol–water partition coefficient (Wildman–Crippen LogP) is 1.05. The first-order valence-electron chi connectivity index (χ1n) is 3.46. The molecule has 0 saturated carbocycles. The lowest BCUT2D eigenvalue weighted by atomic mass is 10.3. The first-order chi connectivity index (χ1) is 4.75. The Kier molecular flexibility index (Phi) is 1.27. The van der Waals surface area contributed by atoms with Crippen LogP contribution < -0.4 is 0 Å². The van der Waals surface area contributed by atoms with E-state index < -0.39 is 0 Å². The van der Waals surface area contributed by atoms with Crippen molar-refractivity contribution in [1.82, 2.24) is 9.55 Å². The topological polar surface area (TPSA) is 17.8 Å². The second-order valence-electron chi connectivity index (χ2n) is 2.81. The first kappa shape index (κ1) is 6.28. The van der Waals surface area contributed by atoms with E-state index in [1.165, 1.54) is 5.82 Å². The molecule has 0 aliphatic carbocycles. The van der Waals surface area contributed by atoms with Crippen LogP contribution in [0.4, 0.5) is 0 Å². The SMILES string of the molecule is Cc1cn2c(n1)C[C@H](S)C2. The minimum atomic E-state index is 0.489. The molecule has 0 saturated heterocycles. The van der Waals surface area contributed by atoms with E-state index in [4.69, 9.17) is 0 Å². The summed E-state index contributed by atoms with van der Waals surface area (Å²) in [5.41, 5.74) is 1.12. The molecule has 2 heterocycles. The zero-order valence-electron chi connectivity index (χ0n) is 5.91. The van der Waals surface area contributed by atoms with E-state index in [1.54, 1.807) is 0 Å². The van der Waals surface area contributed by atoms with Gasteiger partial charge in [-0.2, -0.15) is 12.6 Å². The van der Waals surface area contributed by atoms with E-state index in [2.05, 4.69) is 28.4 Å². The summed E-state index contributed by atoms with van der Waals surface area (Å²) in [4.78, 5) is 4.36. The number of aryl methyl sites for hydroxylation is 1. The van der Waals surface area contributed by atoms with Crippen LogP contribution in [-0.2, 0) is 13.0 Å².